The minimum absolute atomic E-state index is 0.00205. The molecule has 5 nitrogen and oxygen atoms in total. The van der Waals surface area contributed by atoms with Gasteiger partial charge in [0.25, 0.3) is 5.69 Å². The fourth-order valence-electron chi connectivity index (χ4n) is 1.73. The van der Waals surface area contributed by atoms with E-state index < -0.39 is 4.92 Å². The minimum Gasteiger partial charge on any atom is -0.490 e. The Hall–Kier alpha value is -1.91. The maximum Gasteiger partial charge on any atom is 0.283 e. The molecule has 0 saturated carbocycles. The van der Waals surface area contributed by atoms with Gasteiger partial charge in [-0.1, -0.05) is 13.3 Å². The Balaban J connectivity index is 3.00. The standard InChI is InChI=1S/C13H17NO4/c1-4-5-9(2)18-11-6-7-12(10(3)15)13(8-11)14(16)17/h6-9H,4-5H2,1-3H3. The lowest BCUT2D eigenvalue weighted by molar-refractivity contribution is -0.385. The maximum atomic E-state index is 11.3. The van der Waals surface area contributed by atoms with Crippen LogP contribution in [0, 0.1) is 10.1 Å². The van der Waals surface area contributed by atoms with Crippen LogP contribution >= 0.6 is 0 Å². The molecule has 1 unspecified atom stereocenters. The molecule has 18 heavy (non-hydrogen) atoms. The molecular formula is C13H17NO4. The van der Waals surface area contributed by atoms with E-state index in [0.29, 0.717) is 5.75 Å². The van der Waals surface area contributed by atoms with Gasteiger partial charge in [0.1, 0.15) is 5.75 Å². The van der Waals surface area contributed by atoms with Crippen molar-refractivity contribution in [2.45, 2.75) is 39.7 Å². The molecular weight excluding hydrogens is 234 g/mol. The summed E-state index contributed by atoms with van der Waals surface area (Å²) in [6.45, 7) is 5.26. The summed E-state index contributed by atoms with van der Waals surface area (Å²) in [5.41, 5.74) is -0.0980. The number of nitro benzene ring substituents is 1. The van der Waals surface area contributed by atoms with Crippen LogP contribution in [0.3, 0.4) is 0 Å². The molecule has 0 aliphatic heterocycles. The lowest BCUT2D eigenvalue weighted by atomic mass is 10.1. The third kappa shape index (κ3) is 3.55. The largest absolute Gasteiger partial charge is 0.490 e. The third-order valence-corrected chi connectivity index (χ3v) is 2.58. The van der Waals surface area contributed by atoms with Gasteiger partial charge < -0.3 is 4.74 Å². The Morgan fingerprint density at radius 2 is 2.17 bits per heavy atom. The van der Waals surface area contributed by atoms with Gasteiger partial charge in [0.2, 0.25) is 0 Å². The fourth-order valence-corrected chi connectivity index (χ4v) is 1.73. The van der Waals surface area contributed by atoms with Crippen LogP contribution in [0.1, 0.15) is 44.0 Å². The molecule has 0 aromatic heterocycles. The summed E-state index contributed by atoms with van der Waals surface area (Å²) < 4.78 is 5.56. The van der Waals surface area contributed by atoms with Gasteiger partial charge in [0, 0.05) is 0 Å². The van der Waals surface area contributed by atoms with Crippen molar-refractivity contribution >= 4 is 11.5 Å². The number of Topliss-reactive ketones (excluding diaryl/α,β-unsaturated/α-hetero) is 1. The summed E-state index contributed by atoms with van der Waals surface area (Å²) in [7, 11) is 0. The number of nitrogens with zero attached hydrogens (tertiary/aromatic N) is 1. The predicted octanol–water partition coefficient (Wildman–Crippen LogP) is 3.36. The summed E-state index contributed by atoms with van der Waals surface area (Å²) in [5, 5.41) is 10.9. The summed E-state index contributed by atoms with van der Waals surface area (Å²) in [4.78, 5) is 21.6. The highest BCUT2D eigenvalue weighted by Gasteiger charge is 2.18. The highest BCUT2D eigenvalue weighted by molar-refractivity contribution is 5.98. The number of ketones is 1. The highest BCUT2D eigenvalue weighted by atomic mass is 16.6. The summed E-state index contributed by atoms with van der Waals surface area (Å²) in [6, 6.07) is 4.34. The topological polar surface area (TPSA) is 69.4 Å². The molecule has 1 aromatic carbocycles. The molecule has 0 N–H and O–H groups in total. The van der Waals surface area contributed by atoms with Gasteiger partial charge in [0.15, 0.2) is 5.78 Å². The van der Waals surface area contributed by atoms with Crippen molar-refractivity contribution in [2.75, 3.05) is 0 Å². The van der Waals surface area contributed by atoms with Crippen LogP contribution in [0.25, 0.3) is 0 Å². The van der Waals surface area contributed by atoms with E-state index >= 15 is 0 Å². The van der Waals surface area contributed by atoms with Gasteiger partial charge >= 0.3 is 0 Å². The van der Waals surface area contributed by atoms with Crippen molar-refractivity contribution in [2.24, 2.45) is 0 Å². The number of rotatable bonds is 6. The quantitative estimate of drug-likeness (QED) is 0.441. The molecule has 98 valence electrons. The molecule has 0 amide bonds. The lowest BCUT2D eigenvalue weighted by Gasteiger charge is -2.13. The Bertz CT molecular complexity index is 456. The number of ether oxygens (including phenoxy) is 1. The molecule has 1 atom stereocenters. The van der Waals surface area contributed by atoms with Crippen molar-refractivity contribution in [3.05, 3.63) is 33.9 Å². The molecule has 0 aliphatic carbocycles. The first kappa shape index (κ1) is 14.2. The van der Waals surface area contributed by atoms with Gasteiger partial charge in [0.05, 0.1) is 22.7 Å². The molecule has 1 aromatic rings. The summed E-state index contributed by atoms with van der Waals surface area (Å²) in [6.07, 6.45) is 1.86. The van der Waals surface area contributed by atoms with E-state index in [4.69, 9.17) is 4.74 Å². The van der Waals surface area contributed by atoms with Crippen molar-refractivity contribution in [3.8, 4) is 5.75 Å². The summed E-state index contributed by atoms with van der Waals surface area (Å²) >= 11 is 0. The number of carbonyl (C=O) groups excluding carboxylic acids is 1. The van der Waals surface area contributed by atoms with Crippen LogP contribution in [0.15, 0.2) is 18.2 Å². The highest BCUT2D eigenvalue weighted by Crippen LogP contribution is 2.26. The van der Waals surface area contributed by atoms with Gasteiger partial charge in [-0.05, 0) is 32.4 Å². The first-order valence-corrected chi connectivity index (χ1v) is 5.91. The zero-order valence-corrected chi connectivity index (χ0v) is 10.8. The Kier molecular flexibility index (Phi) is 4.83. The fraction of sp³-hybridized carbons (Fsp3) is 0.462. The lowest BCUT2D eigenvalue weighted by Crippen LogP contribution is -2.11. The Labute approximate surface area is 106 Å². The SMILES string of the molecule is CCCC(C)Oc1ccc(C(C)=O)c([N+](=O)[O-])c1. The van der Waals surface area contributed by atoms with Crippen molar-refractivity contribution in [3.63, 3.8) is 0 Å². The zero-order chi connectivity index (χ0) is 13.7. The van der Waals surface area contributed by atoms with Crippen LogP contribution < -0.4 is 4.74 Å². The van der Waals surface area contributed by atoms with Gasteiger partial charge in [-0.2, -0.15) is 0 Å². The van der Waals surface area contributed by atoms with Crippen molar-refractivity contribution < 1.29 is 14.5 Å². The first-order valence-electron chi connectivity index (χ1n) is 5.91. The second-order valence-electron chi connectivity index (χ2n) is 4.21. The van der Waals surface area contributed by atoms with Gasteiger partial charge in [-0.25, -0.2) is 0 Å². The van der Waals surface area contributed by atoms with Crippen LogP contribution in [-0.2, 0) is 0 Å². The van der Waals surface area contributed by atoms with Crippen molar-refractivity contribution in [1.82, 2.24) is 0 Å². The zero-order valence-electron chi connectivity index (χ0n) is 10.8. The van der Waals surface area contributed by atoms with Gasteiger partial charge in [-0.3, -0.25) is 14.9 Å². The Morgan fingerprint density at radius 1 is 1.50 bits per heavy atom. The molecule has 0 saturated heterocycles. The van der Waals surface area contributed by atoms with Crippen molar-refractivity contribution in [1.29, 1.82) is 0 Å². The van der Waals surface area contributed by atoms with E-state index in [2.05, 4.69) is 0 Å². The van der Waals surface area contributed by atoms with Gasteiger partial charge in [-0.15, -0.1) is 0 Å². The second-order valence-corrected chi connectivity index (χ2v) is 4.21. The monoisotopic (exact) mass is 251 g/mol. The van der Waals surface area contributed by atoms with E-state index in [0.717, 1.165) is 12.8 Å². The normalized spacial score (nSPS) is 11.9. The van der Waals surface area contributed by atoms with E-state index in [-0.39, 0.29) is 23.1 Å². The first-order chi connectivity index (χ1) is 8.45. The molecule has 0 radical (unpaired) electrons. The number of nitro groups is 1. The van der Waals surface area contributed by atoms with E-state index in [9.17, 15) is 14.9 Å². The number of benzene rings is 1. The van der Waals surface area contributed by atoms with E-state index in [1.54, 1.807) is 6.07 Å². The van der Waals surface area contributed by atoms with E-state index in [1.165, 1.54) is 19.1 Å². The number of carbonyl (C=O) groups is 1. The van der Waals surface area contributed by atoms with E-state index in [1.807, 2.05) is 13.8 Å². The van der Waals surface area contributed by atoms with Crippen LogP contribution in [-0.4, -0.2) is 16.8 Å². The molecule has 1 rings (SSSR count). The molecule has 0 heterocycles. The van der Waals surface area contributed by atoms with Crippen LogP contribution in [0.4, 0.5) is 5.69 Å². The molecule has 5 heteroatoms. The molecule has 0 spiro atoms. The predicted molar refractivity (Wildman–Crippen MR) is 68.1 cm³/mol. The maximum absolute atomic E-state index is 11.3. The third-order valence-electron chi connectivity index (χ3n) is 2.58. The Morgan fingerprint density at radius 3 is 2.67 bits per heavy atom. The summed E-state index contributed by atoms with van der Waals surface area (Å²) in [5.74, 6) is 0.0995. The molecule has 0 aliphatic rings. The second kappa shape index (κ2) is 6.14. The molecule has 0 fully saturated rings. The number of hydrogen-bond donors (Lipinski definition) is 0. The minimum atomic E-state index is -0.561. The van der Waals surface area contributed by atoms with Crippen LogP contribution in [0.5, 0.6) is 5.75 Å². The average molecular weight is 251 g/mol. The smallest absolute Gasteiger partial charge is 0.283 e. The average Bonchev–Trinajstić information content (AvgIpc) is 2.28. The number of hydrogen-bond acceptors (Lipinski definition) is 4. The van der Waals surface area contributed by atoms with Crippen LogP contribution in [0.2, 0.25) is 0 Å². The molecule has 0 bridgehead atoms.